The second-order valence-corrected chi connectivity index (χ2v) is 7.96. The van der Waals surface area contributed by atoms with Gasteiger partial charge in [0, 0.05) is 18.8 Å². The maximum absolute atomic E-state index is 13.1. The summed E-state index contributed by atoms with van der Waals surface area (Å²) >= 11 is 0. The molecule has 0 bridgehead atoms. The fourth-order valence-electron chi connectivity index (χ4n) is 1.43. The van der Waals surface area contributed by atoms with E-state index in [-0.39, 0.29) is 12.6 Å². The Kier molecular flexibility index (Phi) is 4.68. The highest BCUT2D eigenvalue weighted by Gasteiger charge is 2.30. The lowest BCUT2D eigenvalue weighted by molar-refractivity contribution is 0.480. The van der Waals surface area contributed by atoms with Gasteiger partial charge in [-0.2, -0.15) is 0 Å². The van der Waals surface area contributed by atoms with E-state index in [1.807, 2.05) is 0 Å². The van der Waals surface area contributed by atoms with Crippen LogP contribution in [0.1, 0.15) is 32.4 Å². The van der Waals surface area contributed by atoms with Gasteiger partial charge in [0.05, 0.1) is 4.75 Å². The van der Waals surface area contributed by atoms with E-state index in [1.165, 1.54) is 12.3 Å². The molecule has 1 unspecified atom stereocenters. The van der Waals surface area contributed by atoms with Gasteiger partial charge in [-0.15, -0.1) is 0 Å². The molecule has 0 aliphatic heterocycles. The van der Waals surface area contributed by atoms with Crippen LogP contribution in [-0.4, -0.2) is 26.0 Å². The number of rotatable bonds is 5. The van der Waals surface area contributed by atoms with E-state index in [9.17, 15) is 17.2 Å². The Morgan fingerprint density at radius 3 is 2.32 bits per heavy atom. The van der Waals surface area contributed by atoms with Gasteiger partial charge in [0.1, 0.15) is 0 Å². The zero-order valence-corrected chi connectivity index (χ0v) is 12.3. The average Bonchev–Trinajstić information content (AvgIpc) is 2.28. The molecular weight excluding hydrogens is 272 g/mol. The van der Waals surface area contributed by atoms with Crippen molar-refractivity contribution in [2.24, 2.45) is 0 Å². The summed E-state index contributed by atoms with van der Waals surface area (Å²) in [5, 5.41) is 3.02. The molecular formula is C13H19F2NO2S. The minimum absolute atomic E-state index is 0.228. The lowest BCUT2D eigenvalue weighted by Crippen LogP contribution is -2.42. The van der Waals surface area contributed by atoms with E-state index < -0.39 is 26.2 Å². The molecule has 19 heavy (non-hydrogen) atoms. The molecule has 3 nitrogen and oxygen atoms in total. The van der Waals surface area contributed by atoms with Crippen molar-refractivity contribution in [2.75, 3.05) is 12.8 Å². The molecule has 108 valence electrons. The van der Waals surface area contributed by atoms with Crippen molar-refractivity contribution in [1.29, 1.82) is 0 Å². The van der Waals surface area contributed by atoms with Crippen LogP contribution in [0.5, 0.6) is 0 Å². The first-order valence-electron chi connectivity index (χ1n) is 5.92. The minimum Gasteiger partial charge on any atom is -0.309 e. The molecule has 0 aromatic heterocycles. The van der Waals surface area contributed by atoms with Crippen LogP contribution in [-0.2, 0) is 9.84 Å². The van der Waals surface area contributed by atoms with Gasteiger partial charge in [-0.05, 0) is 38.5 Å². The maximum atomic E-state index is 13.1. The Morgan fingerprint density at radius 1 is 1.26 bits per heavy atom. The molecule has 0 aliphatic rings. The number of halogens is 2. The minimum atomic E-state index is -3.19. The second kappa shape index (κ2) is 5.54. The lowest BCUT2D eigenvalue weighted by atomic mass is 10.1. The predicted molar refractivity (Wildman–Crippen MR) is 71.7 cm³/mol. The first-order valence-corrected chi connectivity index (χ1v) is 7.81. The molecule has 1 atom stereocenters. The van der Waals surface area contributed by atoms with Crippen LogP contribution in [0.3, 0.4) is 0 Å². The molecule has 1 rings (SSSR count). The fourth-order valence-corrected chi connectivity index (χ4v) is 1.78. The second-order valence-electron chi connectivity index (χ2n) is 5.31. The molecule has 0 aliphatic carbocycles. The van der Waals surface area contributed by atoms with Crippen LogP contribution in [0, 0.1) is 11.6 Å². The highest BCUT2D eigenvalue weighted by Crippen LogP contribution is 2.19. The van der Waals surface area contributed by atoms with Crippen molar-refractivity contribution in [3.63, 3.8) is 0 Å². The van der Waals surface area contributed by atoms with Gasteiger partial charge in [0.25, 0.3) is 0 Å². The summed E-state index contributed by atoms with van der Waals surface area (Å²) in [6.45, 7) is 5.23. The fraction of sp³-hybridized carbons (Fsp3) is 0.538. The summed E-state index contributed by atoms with van der Waals surface area (Å²) in [5.41, 5.74) is 0.572. The summed E-state index contributed by atoms with van der Waals surface area (Å²) < 4.78 is 48.1. The van der Waals surface area contributed by atoms with E-state index in [4.69, 9.17) is 0 Å². The summed E-state index contributed by atoms with van der Waals surface area (Å²) in [4.78, 5) is 0. The first-order chi connectivity index (χ1) is 8.54. The van der Waals surface area contributed by atoms with Gasteiger partial charge in [-0.3, -0.25) is 0 Å². The van der Waals surface area contributed by atoms with Gasteiger partial charge in [-0.25, -0.2) is 17.2 Å². The van der Waals surface area contributed by atoms with Gasteiger partial charge in [-0.1, -0.05) is 6.07 Å². The molecule has 0 radical (unpaired) electrons. The molecule has 6 heteroatoms. The smallest absolute Gasteiger partial charge is 0.159 e. The Bertz CT molecular complexity index is 556. The van der Waals surface area contributed by atoms with Crippen molar-refractivity contribution in [2.45, 2.75) is 31.6 Å². The number of hydrogen-bond acceptors (Lipinski definition) is 3. The van der Waals surface area contributed by atoms with Gasteiger partial charge >= 0.3 is 0 Å². The summed E-state index contributed by atoms with van der Waals surface area (Å²) in [6.07, 6.45) is 1.18. The van der Waals surface area contributed by atoms with Crippen LogP contribution in [0.2, 0.25) is 0 Å². The SMILES string of the molecule is CC(NCC(C)(C)S(C)(=O)=O)c1ccc(F)c(F)c1. The van der Waals surface area contributed by atoms with Crippen LogP contribution in [0.15, 0.2) is 18.2 Å². The topological polar surface area (TPSA) is 46.2 Å². The zero-order chi connectivity index (χ0) is 14.8. The van der Waals surface area contributed by atoms with Crippen LogP contribution in [0.4, 0.5) is 8.78 Å². The quantitative estimate of drug-likeness (QED) is 0.906. The molecule has 0 fully saturated rings. The Hall–Kier alpha value is -1.01. The normalized spacial score (nSPS) is 14.4. The van der Waals surface area contributed by atoms with Crippen molar-refractivity contribution in [3.05, 3.63) is 35.4 Å². The Labute approximate surface area is 112 Å². The van der Waals surface area contributed by atoms with Crippen LogP contribution < -0.4 is 5.32 Å². The highest BCUT2D eigenvalue weighted by molar-refractivity contribution is 7.92. The third-order valence-electron chi connectivity index (χ3n) is 3.28. The lowest BCUT2D eigenvalue weighted by Gasteiger charge is -2.25. The number of hydrogen-bond donors (Lipinski definition) is 1. The van der Waals surface area contributed by atoms with Gasteiger partial charge < -0.3 is 5.32 Å². The third kappa shape index (κ3) is 3.98. The number of nitrogens with one attached hydrogen (secondary N) is 1. The monoisotopic (exact) mass is 291 g/mol. The predicted octanol–water partition coefficient (Wildman–Crippen LogP) is 2.44. The van der Waals surface area contributed by atoms with Crippen LogP contribution >= 0.6 is 0 Å². The molecule has 1 N–H and O–H groups in total. The molecule has 0 saturated heterocycles. The number of sulfone groups is 1. The van der Waals surface area contributed by atoms with Gasteiger partial charge in [0.2, 0.25) is 0 Å². The summed E-state index contributed by atoms with van der Waals surface area (Å²) in [5.74, 6) is -1.80. The largest absolute Gasteiger partial charge is 0.309 e. The Balaban J connectivity index is 2.76. The van der Waals surface area contributed by atoms with E-state index in [2.05, 4.69) is 5.32 Å². The van der Waals surface area contributed by atoms with E-state index in [1.54, 1.807) is 20.8 Å². The van der Waals surface area contributed by atoms with Crippen molar-refractivity contribution in [3.8, 4) is 0 Å². The van der Waals surface area contributed by atoms with Gasteiger partial charge in [0.15, 0.2) is 21.5 Å². The summed E-state index contributed by atoms with van der Waals surface area (Å²) in [7, 11) is -3.19. The molecule has 1 aromatic rings. The van der Waals surface area contributed by atoms with Crippen LogP contribution in [0.25, 0.3) is 0 Å². The standard InChI is InChI=1S/C13H19F2NO2S/c1-9(10-5-6-11(14)12(15)7-10)16-8-13(2,3)19(4,17)18/h5-7,9,16H,8H2,1-4H3. The Morgan fingerprint density at radius 2 is 1.84 bits per heavy atom. The van der Waals surface area contributed by atoms with Crippen molar-refractivity contribution >= 4 is 9.84 Å². The van der Waals surface area contributed by atoms with E-state index in [0.29, 0.717) is 5.56 Å². The zero-order valence-electron chi connectivity index (χ0n) is 11.5. The average molecular weight is 291 g/mol. The van der Waals surface area contributed by atoms with Crippen molar-refractivity contribution < 1.29 is 17.2 Å². The van der Waals surface area contributed by atoms with E-state index in [0.717, 1.165) is 12.1 Å². The maximum Gasteiger partial charge on any atom is 0.159 e. The summed E-state index contributed by atoms with van der Waals surface area (Å²) in [6, 6.07) is 3.38. The molecule has 0 saturated carbocycles. The molecule has 0 heterocycles. The molecule has 1 aromatic carbocycles. The first kappa shape index (κ1) is 16.0. The third-order valence-corrected chi connectivity index (χ3v) is 5.43. The highest BCUT2D eigenvalue weighted by atomic mass is 32.2. The van der Waals surface area contributed by atoms with Crippen molar-refractivity contribution in [1.82, 2.24) is 5.32 Å². The number of benzene rings is 1. The molecule has 0 spiro atoms. The van der Waals surface area contributed by atoms with E-state index >= 15 is 0 Å². The molecule has 0 amide bonds.